The van der Waals surface area contributed by atoms with E-state index in [2.05, 4.69) is 10.4 Å². The number of aryl methyl sites for hydroxylation is 2. The zero-order valence-electron chi connectivity index (χ0n) is 36.9. The number of fused-ring (bicyclic) bond motifs is 5. The number of phenolic OH excluding ortho intramolecular Hbond substituents is 1. The number of rotatable bonds is 12. The van der Waals surface area contributed by atoms with Gasteiger partial charge in [-0.1, -0.05) is 66.2 Å². The Balaban J connectivity index is 1.09. The number of ether oxygens (including phenoxy) is 3. The molecule has 0 spiro atoms. The number of aromatic hydroxyl groups is 1. The lowest BCUT2D eigenvalue weighted by molar-refractivity contribution is -0.138. The molecule has 4 heterocycles. The standard InChI is InChI=1S/C50H43ClFN7O9/c1-55-40-26-43(67-3)42(66-2)25-38(40)53-37(46(55)62)20-21-56-48(64)57-22-19-34-39(59(57)49(56)65)24-36-45(61)58(54-32-15-13-31(52)14-16-32)47(63)50(36,29-9-11-30(51)12-10-29)44(34)35-18-17-33(23-41(35)60)68-27-28-7-5-4-6-8-28/h4-19,23,25-26,36,39,44,54,60H,20-22,24,27H2,1-3H3/t36-,39+,44+,50+/m0/s1. The van der Waals surface area contributed by atoms with Gasteiger partial charge >= 0.3 is 11.4 Å². The highest BCUT2D eigenvalue weighted by Crippen LogP contribution is 2.63. The highest BCUT2D eigenvalue weighted by atomic mass is 35.5. The second-order valence-corrected chi connectivity index (χ2v) is 17.4. The van der Waals surface area contributed by atoms with E-state index in [0.29, 0.717) is 44.4 Å². The first-order valence-electron chi connectivity index (χ1n) is 21.7. The molecule has 4 atom stereocenters. The van der Waals surface area contributed by atoms with Crippen molar-refractivity contribution in [3.05, 3.63) is 185 Å². The molecule has 0 radical (unpaired) electrons. The molecule has 2 amide bonds. The van der Waals surface area contributed by atoms with Gasteiger partial charge in [0.1, 0.15) is 29.6 Å². The van der Waals surface area contributed by atoms with Gasteiger partial charge in [0.15, 0.2) is 11.5 Å². The van der Waals surface area contributed by atoms with Crippen molar-refractivity contribution in [1.82, 2.24) is 28.5 Å². The minimum atomic E-state index is -1.76. The molecule has 2 aromatic heterocycles. The van der Waals surface area contributed by atoms with Crippen molar-refractivity contribution < 1.29 is 33.3 Å². The van der Waals surface area contributed by atoms with E-state index in [1.54, 1.807) is 61.7 Å². The number of amides is 2. The number of hydrazine groups is 1. The quantitative estimate of drug-likeness (QED) is 0.108. The topological polar surface area (TPSA) is 181 Å². The Hall–Kier alpha value is -7.92. The number of halogens is 2. The molecular weight excluding hydrogens is 897 g/mol. The molecule has 1 saturated heterocycles. The second kappa shape index (κ2) is 17.1. The van der Waals surface area contributed by atoms with Crippen LogP contribution in [0.5, 0.6) is 23.0 Å². The molecule has 3 aliphatic rings. The monoisotopic (exact) mass is 939 g/mol. The van der Waals surface area contributed by atoms with Crippen LogP contribution in [0.2, 0.25) is 5.02 Å². The summed E-state index contributed by atoms with van der Waals surface area (Å²) >= 11 is 6.43. The summed E-state index contributed by atoms with van der Waals surface area (Å²) in [7, 11) is 4.55. The number of hydrogen-bond acceptors (Lipinski definition) is 11. The lowest BCUT2D eigenvalue weighted by atomic mass is 9.53. The van der Waals surface area contributed by atoms with Gasteiger partial charge in [-0.2, -0.15) is 5.01 Å². The molecule has 18 heteroatoms. The van der Waals surface area contributed by atoms with Crippen molar-refractivity contribution >= 4 is 40.1 Å². The molecule has 346 valence electrons. The van der Waals surface area contributed by atoms with Crippen molar-refractivity contribution in [2.24, 2.45) is 13.0 Å². The maximum absolute atomic E-state index is 15.5. The van der Waals surface area contributed by atoms with Crippen molar-refractivity contribution in [2.75, 3.05) is 19.6 Å². The van der Waals surface area contributed by atoms with Crippen LogP contribution in [0.4, 0.5) is 10.1 Å². The van der Waals surface area contributed by atoms with E-state index < -0.39 is 57.9 Å². The Bertz CT molecular complexity index is 3390. The third-order valence-corrected chi connectivity index (χ3v) is 13.6. The Kier molecular flexibility index (Phi) is 11.0. The molecule has 2 fully saturated rings. The maximum Gasteiger partial charge on any atom is 0.347 e. The predicted molar refractivity (Wildman–Crippen MR) is 249 cm³/mol. The third-order valence-electron chi connectivity index (χ3n) is 13.4. The summed E-state index contributed by atoms with van der Waals surface area (Å²) in [5.74, 6) is -3.26. The summed E-state index contributed by atoms with van der Waals surface area (Å²) in [5.41, 5.74) is 2.70. The fourth-order valence-corrected chi connectivity index (χ4v) is 10.3. The lowest BCUT2D eigenvalue weighted by Crippen LogP contribution is -2.53. The average Bonchev–Trinajstić information content (AvgIpc) is 3.72. The average molecular weight is 940 g/mol. The smallest absolute Gasteiger partial charge is 0.347 e. The van der Waals surface area contributed by atoms with Crippen LogP contribution < -0.4 is 36.6 Å². The summed E-state index contributed by atoms with van der Waals surface area (Å²) in [6.07, 6.45) is 1.55. The van der Waals surface area contributed by atoms with Crippen LogP contribution in [-0.2, 0) is 48.2 Å². The molecule has 7 aromatic rings. The number of allylic oxidation sites excluding steroid dienone is 2. The van der Waals surface area contributed by atoms with Crippen LogP contribution in [0.1, 0.15) is 40.8 Å². The number of hydrogen-bond donors (Lipinski definition) is 2. The molecule has 68 heavy (non-hydrogen) atoms. The maximum atomic E-state index is 15.5. The Morgan fingerprint density at radius 3 is 2.31 bits per heavy atom. The van der Waals surface area contributed by atoms with Gasteiger partial charge in [-0.25, -0.2) is 32.9 Å². The van der Waals surface area contributed by atoms with Crippen LogP contribution in [0.15, 0.2) is 135 Å². The summed E-state index contributed by atoms with van der Waals surface area (Å²) in [4.78, 5) is 77.9. The molecule has 10 rings (SSSR count). The third kappa shape index (κ3) is 7.03. The second-order valence-electron chi connectivity index (χ2n) is 16.9. The van der Waals surface area contributed by atoms with Crippen molar-refractivity contribution in [2.45, 2.75) is 49.9 Å². The highest BCUT2D eigenvalue weighted by molar-refractivity contribution is 6.30. The summed E-state index contributed by atoms with van der Waals surface area (Å²) in [6.45, 7) is -0.120. The van der Waals surface area contributed by atoms with Gasteiger partial charge in [0, 0.05) is 54.7 Å². The van der Waals surface area contributed by atoms with E-state index in [1.165, 1.54) is 58.5 Å². The zero-order valence-corrected chi connectivity index (χ0v) is 37.6. The number of nitrogens with zero attached hydrogens (tertiary/aromatic N) is 6. The molecule has 5 aromatic carbocycles. The van der Waals surface area contributed by atoms with Gasteiger partial charge in [-0.15, -0.1) is 0 Å². The van der Waals surface area contributed by atoms with Gasteiger partial charge in [0.2, 0.25) is 0 Å². The van der Waals surface area contributed by atoms with Crippen molar-refractivity contribution in [1.29, 1.82) is 0 Å². The van der Waals surface area contributed by atoms with Crippen LogP contribution in [0.25, 0.3) is 11.0 Å². The molecule has 1 saturated carbocycles. The van der Waals surface area contributed by atoms with Crippen molar-refractivity contribution in [3.8, 4) is 23.0 Å². The lowest BCUT2D eigenvalue weighted by Gasteiger charge is -2.49. The van der Waals surface area contributed by atoms with Gasteiger partial charge in [-0.05, 0) is 65.6 Å². The first-order chi connectivity index (χ1) is 32.8. The number of methoxy groups -OCH3 is 2. The van der Waals surface area contributed by atoms with E-state index in [1.807, 2.05) is 30.3 Å². The van der Waals surface area contributed by atoms with Crippen molar-refractivity contribution in [3.63, 3.8) is 0 Å². The summed E-state index contributed by atoms with van der Waals surface area (Å²) in [5, 5.41) is 13.4. The number of carbonyl (C=O) groups is 2. The number of phenols is 1. The molecule has 0 bridgehead atoms. The minimum absolute atomic E-state index is 0.0877. The van der Waals surface area contributed by atoms with Crippen LogP contribution >= 0.6 is 11.6 Å². The first-order valence-corrected chi connectivity index (χ1v) is 22.1. The van der Waals surface area contributed by atoms with Gasteiger partial charge in [0.25, 0.3) is 17.4 Å². The van der Waals surface area contributed by atoms with E-state index in [0.717, 1.165) is 15.1 Å². The van der Waals surface area contributed by atoms with Crippen LogP contribution in [-0.4, -0.2) is 59.6 Å². The molecule has 0 unspecified atom stereocenters. The number of imide groups is 1. The van der Waals surface area contributed by atoms with Crippen LogP contribution in [0.3, 0.4) is 0 Å². The number of benzene rings is 5. The molecule has 1 aliphatic carbocycles. The van der Waals surface area contributed by atoms with Gasteiger partial charge < -0.3 is 23.9 Å². The van der Waals surface area contributed by atoms with E-state index in [-0.39, 0.29) is 55.2 Å². The molecule has 2 aliphatic heterocycles. The summed E-state index contributed by atoms with van der Waals surface area (Å²) in [6, 6.07) is 28.3. The summed E-state index contributed by atoms with van der Waals surface area (Å²) < 4.78 is 36.1. The first kappa shape index (κ1) is 43.9. The SMILES string of the molecule is COc1cc2nc(CCn3c(=O)n4n(c3=O)[C@@H]3C[C@H]5C(=O)N(Nc6ccc(F)cc6)C(=O)[C@@]5(c5ccc(Cl)cc5)[C@@H](c5ccc(OCc6ccccc6)cc5O)C3=CC4)c(=O)n(C)c2cc1OC. The Morgan fingerprint density at radius 2 is 1.60 bits per heavy atom. The predicted octanol–water partition coefficient (Wildman–Crippen LogP) is 6.01. The molecular formula is C50H43ClFN7O9. The Labute approximate surface area is 391 Å². The van der Waals surface area contributed by atoms with E-state index >= 15 is 9.59 Å². The zero-order chi connectivity index (χ0) is 47.6. The fourth-order valence-electron chi connectivity index (χ4n) is 10.2. The fraction of sp³-hybridized carbons (Fsp3) is 0.240. The number of nitrogens with one attached hydrogen (secondary N) is 1. The number of carbonyl (C=O) groups excluding carboxylic acids is 2. The Morgan fingerprint density at radius 1 is 0.882 bits per heavy atom. The highest BCUT2D eigenvalue weighted by Gasteiger charge is 2.69. The molecule has 16 nitrogen and oxygen atoms in total. The molecule has 2 N–H and O–H groups in total. The largest absolute Gasteiger partial charge is 0.508 e. The van der Waals surface area contributed by atoms with Gasteiger partial charge in [0.05, 0.1) is 54.9 Å². The van der Waals surface area contributed by atoms with E-state index in [4.69, 9.17) is 25.8 Å². The van der Waals surface area contributed by atoms with E-state index in [9.17, 15) is 23.9 Å². The number of anilines is 1. The van der Waals surface area contributed by atoms with Crippen LogP contribution in [0, 0.1) is 11.7 Å². The normalized spacial score (nSPS) is 19.6. The minimum Gasteiger partial charge on any atom is -0.508 e. The van der Waals surface area contributed by atoms with Gasteiger partial charge in [-0.3, -0.25) is 19.8 Å². The number of aromatic nitrogens is 5.